The number of aromatic nitrogens is 2. The Kier molecular flexibility index (Phi) is 6.85. The summed E-state index contributed by atoms with van der Waals surface area (Å²) < 4.78 is 12.5. The molecule has 1 aromatic heterocycles. The van der Waals surface area contributed by atoms with Crippen molar-refractivity contribution < 1.29 is 19.1 Å². The van der Waals surface area contributed by atoms with Crippen LogP contribution in [-0.4, -0.2) is 46.8 Å². The van der Waals surface area contributed by atoms with E-state index in [0.717, 1.165) is 5.69 Å². The Morgan fingerprint density at radius 2 is 1.60 bits per heavy atom. The number of esters is 1. The second kappa shape index (κ2) is 9.73. The summed E-state index contributed by atoms with van der Waals surface area (Å²) in [6, 6.07) is 18.3. The van der Waals surface area contributed by atoms with Crippen molar-refractivity contribution in [2.75, 3.05) is 20.2 Å². The van der Waals surface area contributed by atoms with Crippen molar-refractivity contribution in [3.05, 3.63) is 78.1 Å². The normalized spacial score (nSPS) is 11.6. The van der Waals surface area contributed by atoms with Crippen LogP contribution < -0.4 is 4.74 Å². The van der Waals surface area contributed by atoms with E-state index in [1.54, 1.807) is 40.0 Å². The largest absolute Gasteiger partial charge is 0.493 e. The molecule has 0 fully saturated rings. The number of amides is 1. The summed E-state index contributed by atoms with van der Waals surface area (Å²) in [6.45, 7) is 4.80. The predicted molar refractivity (Wildman–Crippen MR) is 113 cm³/mol. The number of para-hydroxylation sites is 1. The smallest absolute Gasteiger partial charge is 0.363 e. The van der Waals surface area contributed by atoms with Crippen LogP contribution in [0.25, 0.3) is 5.69 Å². The van der Waals surface area contributed by atoms with E-state index in [1.807, 2.05) is 50.2 Å². The maximum absolute atomic E-state index is 13.0. The summed E-state index contributed by atoms with van der Waals surface area (Å²) in [5, 5.41) is 4.33. The molecule has 0 aliphatic rings. The van der Waals surface area contributed by atoms with E-state index in [4.69, 9.17) is 9.47 Å². The fourth-order valence-electron chi connectivity index (χ4n) is 3.11. The number of nitrogens with zero attached hydrogens (tertiary/aromatic N) is 3. The van der Waals surface area contributed by atoms with Gasteiger partial charge in [-0.3, -0.25) is 4.79 Å². The molecule has 1 heterocycles. The molecule has 0 spiro atoms. The standard InChI is InChI=1S/C23H25N3O4/c1-4-25(5-2)22(27)21(17-12-8-6-9-13-17)30-23(28)20-19(29-3)16-26(24-20)18-14-10-7-11-15-18/h6-16,21H,4-5H2,1-3H3/t21-/m1/s1. The average Bonchev–Trinajstić information content (AvgIpc) is 3.24. The zero-order valence-electron chi connectivity index (χ0n) is 17.3. The Labute approximate surface area is 175 Å². The number of rotatable bonds is 8. The van der Waals surface area contributed by atoms with Crippen molar-refractivity contribution in [3.8, 4) is 11.4 Å². The van der Waals surface area contributed by atoms with Gasteiger partial charge in [-0.2, -0.15) is 5.10 Å². The number of likely N-dealkylation sites (N-methyl/N-ethyl adjacent to an activating group) is 1. The highest BCUT2D eigenvalue weighted by atomic mass is 16.6. The summed E-state index contributed by atoms with van der Waals surface area (Å²) in [6.07, 6.45) is 0.542. The Morgan fingerprint density at radius 1 is 1.00 bits per heavy atom. The highest BCUT2D eigenvalue weighted by Crippen LogP contribution is 2.25. The Bertz CT molecular complexity index is 982. The Hall–Kier alpha value is -3.61. The van der Waals surface area contributed by atoms with E-state index in [9.17, 15) is 9.59 Å². The van der Waals surface area contributed by atoms with Crippen LogP contribution in [0.4, 0.5) is 0 Å². The maximum atomic E-state index is 13.0. The number of carbonyl (C=O) groups excluding carboxylic acids is 2. The first-order valence-electron chi connectivity index (χ1n) is 9.82. The summed E-state index contributed by atoms with van der Waals surface area (Å²) in [7, 11) is 1.46. The topological polar surface area (TPSA) is 73.7 Å². The highest BCUT2D eigenvalue weighted by molar-refractivity contribution is 5.93. The summed E-state index contributed by atoms with van der Waals surface area (Å²) in [5.74, 6) is -0.733. The first-order valence-corrected chi connectivity index (χ1v) is 9.82. The molecule has 7 nitrogen and oxygen atoms in total. The van der Waals surface area contributed by atoms with Crippen molar-refractivity contribution >= 4 is 11.9 Å². The van der Waals surface area contributed by atoms with Crippen LogP contribution in [0.15, 0.2) is 66.9 Å². The molecule has 0 unspecified atom stereocenters. The van der Waals surface area contributed by atoms with Crippen molar-refractivity contribution in [2.24, 2.45) is 0 Å². The predicted octanol–water partition coefficient (Wildman–Crippen LogP) is 3.65. The minimum absolute atomic E-state index is 0.00892. The van der Waals surface area contributed by atoms with E-state index in [1.165, 1.54) is 7.11 Å². The molecule has 0 N–H and O–H groups in total. The first kappa shape index (κ1) is 21.1. The average molecular weight is 407 g/mol. The molecule has 0 aliphatic carbocycles. The molecular formula is C23H25N3O4. The van der Waals surface area contributed by atoms with Crippen LogP contribution >= 0.6 is 0 Å². The van der Waals surface area contributed by atoms with Crippen LogP contribution in [0, 0.1) is 0 Å². The second-order valence-electron chi connectivity index (χ2n) is 6.53. The molecule has 1 atom stereocenters. The van der Waals surface area contributed by atoms with Crippen molar-refractivity contribution in [3.63, 3.8) is 0 Å². The lowest BCUT2D eigenvalue weighted by Crippen LogP contribution is -2.36. The lowest BCUT2D eigenvalue weighted by molar-refractivity contribution is -0.140. The van der Waals surface area contributed by atoms with Gasteiger partial charge >= 0.3 is 5.97 Å². The molecule has 0 saturated heterocycles. The van der Waals surface area contributed by atoms with Gasteiger partial charge in [0.1, 0.15) is 0 Å². The Balaban J connectivity index is 1.92. The molecule has 0 saturated carbocycles. The van der Waals surface area contributed by atoms with Gasteiger partial charge in [0.05, 0.1) is 19.0 Å². The van der Waals surface area contributed by atoms with E-state index in [0.29, 0.717) is 18.7 Å². The minimum atomic E-state index is -1.06. The molecule has 0 radical (unpaired) electrons. The van der Waals surface area contributed by atoms with Crippen molar-refractivity contribution in [1.82, 2.24) is 14.7 Å². The summed E-state index contributed by atoms with van der Waals surface area (Å²) in [4.78, 5) is 27.7. The molecule has 2 aromatic carbocycles. The van der Waals surface area contributed by atoms with Gasteiger partial charge < -0.3 is 14.4 Å². The van der Waals surface area contributed by atoms with Gasteiger partial charge in [-0.05, 0) is 26.0 Å². The number of carbonyl (C=O) groups is 2. The molecule has 1 amide bonds. The molecule has 156 valence electrons. The fourth-order valence-corrected chi connectivity index (χ4v) is 3.11. The van der Waals surface area contributed by atoms with Crippen LogP contribution in [0.2, 0.25) is 0 Å². The van der Waals surface area contributed by atoms with Crippen molar-refractivity contribution in [2.45, 2.75) is 20.0 Å². The molecule has 0 bridgehead atoms. The van der Waals surface area contributed by atoms with E-state index in [2.05, 4.69) is 5.10 Å². The lowest BCUT2D eigenvalue weighted by atomic mass is 10.1. The van der Waals surface area contributed by atoms with Gasteiger partial charge in [-0.1, -0.05) is 48.5 Å². The van der Waals surface area contributed by atoms with Gasteiger partial charge in [-0.15, -0.1) is 0 Å². The summed E-state index contributed by atoms with van der Waals surface area (Å²) >= 11 is 0. The van der Waals surface area contributed by atoms with Gasteiger partial charge in [0.25, 0.3) is 5.91 Å². The van der Waals surface area contributed by atoms with Gasteiger partial charge in [-0.25, -0.2) is 9.48 Å². The zero-order chi connectivity index (χ0) is 21.5. The second-order valence-corrected chi connectivity index (χ2v) is 6.53. The lowest BCUT2D eigenvalue weighted by Gasteiger charge is -2.25. The molecule has 7 heteroatoms. The monoisotopic (exact) mass is 407 g/mol. The molecule has 3 aromatic rings. The quantitative estimate of drug-likeness (QED) is 0.533. The third-order valence-electron chi connectivity index (χ3n) is 4.74. The number of ether oxygens (including phenoxy) is 2. The van der Waals surface area contributed by atoms with Gasteiger partial charge in [0.2, 0.25) is 11.8 Å². The van der Waals surface area contributed by atoms with Crippen molar-refractivity contribution in [1.29, 1.82) is 0 Å². The van der Waals surface area contributed by atoms with Gasteiger partial charge in [0.15, 0.2) is 5.75 Å². The van der Waals surface area contributed by atoms with Crippen LogP contribution in [0.1, 0.15) is 36.0 Å². The molecule has 0 aliphatic heterocycles. The minimum Gasteiger partial charge on any atom is -0.493 e. The Morgan fingerprint density at radius 3 is 2.17 bits per heavy atom. The van der Waals surface area contributed by atoms with E-state index >= 15 is 0 Å². The number of benzene rings is 2. The molecule has 3 rings (SSSR count). The van der Waals surface area contributed by atoms with Crippen LogP contribution in [0.5, 0.6) is 5.75 Å². The van der Waals surface area contributed by atoms with E-state index in [-0.39, 0.29) is 17.4 Å². The molecule has 30 heavy (non-hydrogen) atoms. The SMILES string of the molecule is CCN(CC)C(=O)[C@H](OC(=O)c1nn(-c2ccccc2)cc1OC)c1ccccc1. The summed E-state index contributed by atoms with van der Waals surface area (Å²) in [5.41, 5.74) is 1.38. The van der Waals surface area contributed by atoms with Crippen LogP contribution in [-0.2, 0) is 9.53 Å². The number of hydrogen-bond donors (Lipinski definition) is 0. The number of methoxy groups -OCH3 is 1. The first-order chi connectivity index (χ1) is 14.6. The molecular weight excluding hydrogens is 382 g/mol. The fraction of sp³-hybridized carbons (Fsp3) is 0.261. The highest BCUT2D eigenvalue weighted by Gasteiger charge is 2.31. The third kappa shape index (κ3) is 4.51. The van der Waals surface area contributed by atoms with Gasteiger partial charge in [0, 0.05) is 18.7 Å². The number of hydrogen-bond acceptors (Lipinski definition) is 5. The zero-order valence-corrected chi connectivity index (χ0v) is 17.3. The third-order valence-corrected chi connectivity index (χ3v) is 4.74. The van der Waals surface area contributed by atoms with E-state index < -0.39 is 12.1 Å². The maximum Gasteiger partial charge on any atom is 0.363 e. The van der Waals surface area contributed by atoms with Crippen LogP contribution in [0.3, 0.4) is 0 Å².